The minimum atomic E-state index is -3.80. The van der Waals surface area contributed by atoms with Crippen molar-refractivity contribution in [2.24, 2.45) is 0 Å². The highest BCUT2D eigenvalue weighted by Gasteiger charge is 2.18. The van der Waals surface area contributed by atoms with E-state index in [2.05, 4.69) is 0 Å². The zero-order valence-electron chi connectivity index (χ0n) is 5.24. The Morgan fingerprint density at radius 3 is 1.90 bits per heavy atom. The molecule has 0 fully saturated rings. The number of rotatable bonds is 1. The van der Waals surface area contributed by atoms with Crippen LogP contribution in [0.1, 0.15) is 0 Å². The fourth-order valence-electron chi connectivity index (χ4n) is 0.698. The van der Waals surface area contributed by atoms with Crippen molar-refractivity contribution in [1.82, 2.24) is 0 Å². The van der Waals surface area contributed by atoms with E-state index >= 15 is 0 Å². The molecule has 2 nitrogen and oxygen atoms in total. The van der Waals surface area contributed by atoms with Crippen molar-refractivity contribution in [3.63, 3.8) is 0 Å². The van der Waals surface area contributed by atoms with Gasteiger partial charge < -0.3 is 14.4 Å². The molecule has 0 saturated carbocycles. The van der Waals surface area contributed by atoms with E-state index in [0.29, 0.717) is 0 Å². The summed E-state index contributed by atoms with van der Waals surface area (Å²) in [5.74, 6) is 0. The molecule has 0 saturated heterocycles. The molecule has 0 aliphatic heterocycles. The molecule has 0 bridgehead atoms. The van der Waals surface area contributed by atoms with Crippen LogP contribution in [0.15, 0.2) is 30.3 Å². The summed E-state index contributed by atoms with van der Waals surface area (Å²) in [6.07, 6.45) is 0. The molecule has 0 heterocycles. The van der Waals surface area contributed by atoms with Crippen LogP contribution in [-0.4, -0.2) is 16.9 Å². The molecule has 0 aliphatic rings. The predicted molar refractivity (Wildman–Crippen MR) is 37.4 cm³/mol. The van der Waals surface area contributed by atoms with Crippen LogP contribution in [-0.2, 0) is 0 Å². The normalized spacial score (nSPS) is 11.5. The second kappa shape index (κ2) is 2.40. The van der Waals surface area contributed by atoms with Crippen LogP contribution in [0, 0.1) is 0 Å². The maximum Gasteiger partial charge on any atom is 0.437 e. The van der Waals surface area contributed by atoms with Gasteiger partial charge in [-0.1, -0.05) is 30.3 Å². The third kappa shape index (κ3) is 1.56. The Labute approximate surface area is 58.0 Å². The minimum Gasteiger partial charge on any atom is -0.552 e. The van der Waals surface area contributed by atoms with Crippen LogP contribution in [0.25, 0.3) is 0 Å². The smallest absolute Gasteiger partial charge is 0.437 e. The molecule has 1 rings (SSSR count). The van der Waals surface area contributed by atoms with Crippen molar-refractivity contribution in [3.05, 3.63) is 30.3 Å². The molecule has 1 aromatic rings. The monoisotopic (exact) mass is 141 g/mol. The van der Waals surface area contributed by atoms with Crippen molar-refractivity contribution in [1.29, 1.82) is 0 Å². The van der Waals surface area contributed by atoms with Crippen molar-refractivity contribution in [2.75, 3.05) is 0 Å². The molecule has 0 aliphatic carbocycles. The van der Waals surface area contributed by atoms with Crippen LogP contribution >= 0.6 is 0 Å². The maximum absolute atomic E-state index is 12.3. The molecular formula is C6H7BFO2-. The fourth-order valence-corrected chi connectivity index (χ4v) is 0.698. The molecular weight excluding hydrogens is 134 g/mol. The Morgan fingerprint density at radius 1 is 1.10 bits per heavy atom. The maximum atomic E-state index is 12.3. The summed E-state index contributed by atoms with van der Waals surface area (Å²) >= 11 is 0. The fraction of sp³-hybridized carbons (Fsp3) is 0. The predicted octanol–water partition coefficient (Wildman–Crippen LogP) is -0.213. The molecule has 4 heteroatoms. The molecule has 2 N–H and O–H groups in total. The summed E-state index contributed by atoms with van der Waals surface area (Å²) < 4.78 is 12.3. The Bertz CT molecular complexity index is 207. The zero-order chi connectivity index (χ0) is 7.61. The highest BCUT2D eigenvalue weighted by atomic mass is 19.1. The summed E-state index contributed by atoms with van der Waals surface area (Å²) in [6.45, 7) is -3.80. The number of hydrogen-bond acceptors (Lipinski definition) is 2. The third-order valence-corrected chi connectivity index (χ3v) is 1.22. The van der Waals surface area contributed by atoms with Gasteiger partial charge in [-0.25, -0.2) is 0 Å². The first-order valence-corrected chi connectivity index (χ1v) is 2.93. The van der Waals surface area contributed by atoms with Gasteiger partial charge in [-0.3, -0.25) is 0 Å². The van der Waals surface area contributed by atoms with Crippen LogP contribution in [0.3, 0.4) is 0 Å². The number of benzene rings is 1. The van der Waals surface area contributed by atoms with E-state index in [4.69, 9.17) is 10.0 Å². The second-order valence-corrected chi connectivity index (χ2v) is 2.09. The zero-order valence-corrected chi connectivity index (χ0v) is 5.24. The lowest BCUT2D eigenvalue weighted by Crippen LogP contribution is -2.43. The summed E-state index contributed by atoms with van der Waals surface area (Å²) in [4.78, 5) is 0. The first-order chi connectivity index (χ1) is 4.61. The summed E-state index contributed by atoms with van der Waals surface area (Å²) in [7, 11) is 0. The Balaban J connectivity index is 2.97. The van der Waals surface area contributed by atoms with Crippen LogP contribution < -0.4 is 5.46 Å². The van der Waals surface area contributed by atoms with E-state index in [1.807, 2.05) is 0 Å². The average molecular weight is 141 g/mol. The highest BCUT2D eigenvalue weighted by Crippen LogP contribution is 1.94. The lowest BCUT2D eigenvalue weighted by Gasteiger charge is -2.18. The lowest BCUT2D eigenvalue weighted by atomic mass is 9.74. The van der Waals surface area contributed by atoms with Gasteiger partial charge in [0.1, 0.15) is 0 Å². The topological polar surface area (TPSA) is 40.5 Å². The van der Waals surface area contributed by atoms with E-state index < -0.39 is 6.83 Å². The van der Waals surface area contributed by atoms with Gasteiger partial charge in [0, 0.05) is 0 Å². The van der Waals surface area contributed by atoms with Gasteiger partial charge >= 0.3 is 6.83 Å². The van der Waals surface area contributed by atoms with Crippen molar-refractivity contribution in [2.45, 2.75) is 0 Å². The summed E-state index contributed by atoms with van der Waals surface area (Å²) in [6, 6.07) is 7.39. The molecule has 1 aromatic carbocycles. The SMILES string of the molecule is O[B-](O)(F)c1ccccc1. The molecule has 10 heavy (non-hydrogen) atoms. The van der Waals surface area contributed by atoms with Gasteiger partial charge in [0.15, 0.2) is 0 Å². The standard InChI is InChI=1S/C6H7BFO2/c8-7(9,10)6-4-2-1-3-5-6/h1-5,9-10H/q-1. The van der Waals surface area contributed by atoms with E-state index in [-0.39, 0.29) is 5.46 Å². The van der Waals surface area contributed by atoms with E-state index in [1.54, 1.807) is 6.07 Å². The molecule has 0 spiro atoms. The first-order valence-electron chi connectivity index (χ1n) is 2.93. The van der Waals surface area contributed by atoms with E-state index in [1.165, 1.54) is 24.3 Å². The number of hydrogen-bond donors (Lipinski definition) is 2. The Kier molecular flexibility index (Phi) is 1.74. The van der Waals surface area contributed by atoms with Crippen LogP contribution in [0.5, 0.6) is 0 Å². The van der Waals surface area contributed by atoms with Gasteiger partial charge in [-0.2, -0.15) is 0 Å². The molecule has 0 unspecified atom stereocenters. The van der Waals surface area contributed by atoms with Gasteiger partial charge in [-0.15, -0.1) is 5.46 Å². The van der Waals surface area contributed by atoms with Crippen LogP contribution in [0.4, 0.5) is 4.32 Å². The average Bonchev–Trinajstić information content (AvgIpc) is 1.88. The summed E-state index contributed by atoms with van der Waals surface area (Å²) in [5.41, 5.74) is -0.0949. The van der Waals surface area contributed by atoms with Gasteiger partial charge in [0.05, 0.1) is 0 Å². The van der Waals surface area contributed by atoms with Crippen molar-refractivity contribution < 1.29 is 14.4 Å². The van der Waals surface area contributed by atoms with Crippen LogP contribution in [0.2, 0.25) is 0 Å². The molecule has 0 atom stereocenters. The highest BCUT2D eigenvalue weighted by molar-refractivity contribution is 6.72. The number of halogens is 1. The Morgan fingerprint density at radius 2 is 1.60 bits per heavy atom. The van der Waals surface area contributed by atoms with Gasteiger partial charge in [0.2, 0.25) is 0 Å². The minimum absolute atomic E-state index is 0.0949. The second-order valence-electron chi connectivity index (χ2n) is 2.09. The quantitative estimate of drug-likeness (QED) is 0.531. The van der Waals surface area contributed by atoms with E-state index in [9.17, 15) is 4.32 Å². The van der Waals surface area contributed by atoms with E-state index in [0.717, 1.165) is 0 Å². The molecule has 0 amide bonds. The van der Waals surface area contributed by atoms with Gasteiger partial charge in [0.25, 0.3) is 0 Å². The first kappa shape index (κ1) is 7.24. The molecule has 54 valence electrons. The Hall–Kier alpha value is -0.865. The molecule has 0 aromatic heterocycles. The van der Waals surface area contributed by atoms with Crippen molar-refractivity contribution >= 4 is 12.3 Å². The van der Waals surface area contributed by atoms with Gasteiger partial charge in [-0.05, 0) is 0 Å². The third-order valence-electron chi connectivity index (χ3n) is 1.22. The van der Waals surface area contributed by atoms with Crippen molar-refractivity contribution in [3.8, 4) is 0 Å². The summed E-state index contributed by atoms with van der Waals surface area (Å²) in [5, 5.41) is 16.9. The largest absolute Gasteiger partial charge is 0.552 e. The lowest BCUT2D eigenvalue weighted by molar-refractivity contribution is 0.311. The molecule has 0 radical (unpaired) electrons.